The number of hydrogen-bond donors (Lipinski definition) is 0. The fraction of sp³-hybridized carbons (Fsp3) is 0.167. The van der Waals surface area contributed by atoms with Crippen LogP contribution in [0.2, 0.25) is 0 Å². The van der Waals surface area contributed by atoms with E-state index >= 15 is 0 Å². The maximum atomic E-state index is 6.38. The van der Waals surface area contributed by atoms with Gasteiger partial charge in [0.25, 0.3) is 0 Å². The highest BCUT2D eigenvalue weighted by Gasteiger charge is 2.16. The van der Waals surface area contributed by atoms with E-state index in [0.717, 1.165) is 12.8 Å². The molecule has 0 bridgehead atoms. The SMILES string of the molecule is c1ccc(CC[C@@H](OCc2ccccc2)c2cc3ccccc3s2)cc1. The lowest BCUT2D eigenvalue weighted by Crippen LogP contribution is -2.05. The molecule has 0 saturated carbocycles. The molecule has 1 aromatic heterocycles. The Morgan fingerprint density at radius 3 is 2.12 bits per heavy atom. The molecule has 4 aromatic rings. The fourth-order valence-electron chi connectivity index (χ4n) is 3.18. The van der Waals surface area contributed by atoms with Crippen LogP contribution in [-0.4, -0.2) is 0 Å². The molecule has 0 N–H and O–H groups in total. The lowest BCUT2D eigenvalue weighted by atomic mass is 10.1. The highest BCUT2D eigenvalue weighted by molar-refractivity contribution is 7.19. The van der Waals surface area contributed by atoms with Gasteiger partial charge in [-0.15, -0.1) is 11.3 Å². The lowest BCUT2D eigenvalue weighted by Gasteiger charge is -2.17. The van der Waals surface area contributed by atoms with Crippen molar-refractivity contribution in [2.24, 2.45) is 0 Å². The van der Waals surface area contributed by atoms with Crippen molar-refractivity contribution >= 4 is 21.4 Å². The molecule has 0 fully saturated rings. The molecule has 1 atom stereocenters. The van der Waals surface area contributed by atoms with Crippen molar-refractivity contribution in [3.05, 3.63) is 107 Å². The van der Waals surface area contributed by atoms with Crippen molar-refractivity contribution in [2.75, 3.05) is 0 Å². The number of fused-ring (bicyclic) bond motifs is 1. The Balaban J connectivity index is 1.53. The Kier molecular flexibility index (Phi) is 5.44. The molecule has 0 saturated heterocycles. The monoisotopic (exact) mass is 358 g/mol. The zero-order valence-electron chi connectivity index (χ0n) is 14.7. The highest BCUT2D eigenvalue weighted by atomic mass is 32.1. The average Bonchev–Trinajstić information content (AvgIpc) is 3.13. The zero-order valence-corrected chi connectivity index (χ0v) is 15.5. The second kappa shape index (κ2) is 8.31. The molecule has 3 aromatic carbocycles. The van der Waals surface area contributed by atoms with E-state index < -0.39 is 0 Å². The Morgan fingerprint density at radius 2 is 1.38 bits per heavy atom. The normalized spacial score (nSPS) is 12.3. The third-order valence-electron chi connectivity index (χ3n) is 4.59. The molecule has 130 valence electrons. The van der Waals surface area contributed by atoms with Crippen molar-refractivity contribution in [3.63, 3.8) is 0 Å². The van der Waals surface area contributed by atoms with Crippen LogP contribution in [0.4, 0.5) is 0 Å². The van der Waals surface area contributed by atoms with Crippen molar-refractivity contribution in [1.29, 1.82) is 0 Å². The largest absolute Gasteiger partial charge is 0.368 e. The summed E-state index contributed by atoms with van der Waals surface area (Å²) < 4.78 is 7.71. The van der Waals surface area contributed by atoms with Gasteiger partial charge in [-0.25, -0.2) is 0 Å². The van der Waals surface area contributed by atoms with E-state index in [-0.39, 0.29) is 6.10 Å². The fourth-order valence-corrected chi connectivity index (χ4v) is 4.33. The van der Waals surface area contributed by atoms with Crippen LogP contribution in [0.3, 0.4) is 0 Å². The maximum Gasteiger partial charge on any atom is 0.0924 e. The topological polar surface area (TPSA) is 9.23 Å². The van der Waals surface area contributed by atoms with Gasteiger partial charge >= 0.3 is 0 Å². The van der Waals surface area contributed by atoms with Gasteiger partial charge in [-0.1, -0.05) is 78.9 Å². The van der Waals surface area contributed by atoms with Gasteiger partial charge in [0.05, 0.1) is 12.7 Å². The van der Waals surface area contributed by atoms with E-state index in [1.165, 1.54) is 26.1 Å². The third-order valence-corrected chi connectivity index (χ3v) is 5.80. The smallest absolute Gasteiger partial charge is 0.0924 e. The molecular weight excluding hydrogens is 336 g/mol. The summed E-state index contributed by atoms with van der Waals surface area (Å²) in [6, 6.07) is 32.0. The molecule has 1 nitrogen and oxygen atoms in total. The van der Waals surface area contributed by atoms with Crippen molar-refractivity contribution in [2.45, 2.75) is 25.6 Å². The van der Waals surface area contributed by atoms with Gasteiger partial charge in [0, 0.05) is 9.58 Å². The Hall–Kier alpha value is -2.42. The second-order valence-corrected chi connectivity index (χ2v) is 7.61. The molecule has 0 aliphatic carbocycles. The van der Waals surface area contributed by atoms with Crippen LogP contribution in [-0.2, 0) is 17.8 Å². The van der Waals surface area contributed by atoms with Gasteiger partial charge in [-0.05, 0) is 41.5 Å². The number of thiophene rings is 1. The minimum atomic E-state index is 0.118. The molecule has 0 aliphatic heterocycles. The first-order valence-corrected chi connectivity index (χ1v) is 9.88. The molecule has 4 rings (SSSR count). The van der Waals surface area contributed by atoms with E-state index in [0.29, 0.717) is 6.61 Å². The van der Waals surface area contributed by atoms with Crippen molar-refractivity contribution < 1.29 is 4.74 Å². The first-order valence-electron chi connectivity index (χ1n) is 9.06. The van der Waals surface area contributed by atoms with Gasteiger partial charge in [0.15, 0.2) is 0 Å². The number of hydrogen-bond acceptors (Lipinski definition) is 2. The van der Waals surface area contributed by atoms with E-state index in [2.05, 4.69) is 84.9 Å². The van der Waals surface area contributed by atoms with Crippen molar-refractivity contribution in [1.82, 2.24) is 0 Å². The average molecular weight is 359 g/mol. The first kappa shape index (κ1) is 17.0. The third kappa shape index (κ3) is 4.21. The lowest BCUT2D eigenvalue weighted by molar-refractivity contribution is 0.0365. The summed E-state index contributed by atoms with van der Waals surface area (Å²) in [5, 5.41) is 1.31. The number of aryl methyl sites for hydroxylation is 1. The molecule has 0 spiro atoms. The van der Waals surface area contributed by atoms with E-state index in [4.69, 9.17) is 4.74 Å². The van der Waals surface area contributed by atoms with E-state index in [1.807, 2.05) is 17.4 Å². The van der Waals surface area contributed by atoms with E-state index in [9.17, 15) is 0 Å². The van der Waals surface area contributed by atoms with Gasteiger partial charge in [0.1, 0.15) is 0 Å². The summed E-state index contributed by atoms with van der Waals surface area (Å²) in [5.41, 5.74) is 2.58. The summed E-state index contributed by atoms with van der Waals surface area (Å²) in [5.74, 6) is 0. The molecule has 0 unspecified atom stereocenters. The quantitative estimate of drug-likeness (QED) is 0.353. The predicted octanol–water partition coefficient (Wildman–Crippen LogP) is 6.79. The zero-order chi connectivity index (χ0) is 17.6. The van der Waals surface area contributed by atoms with Gasteiger partial charge in [-0.3, -0.25) is 0 Å². The molecule has 0 amide bonds. The second-order valence-electron chi connectivity index (χ2n) is 6.50. The minimum absolute atomic E-state index is 0.118. The van der Waals surface area contributed by atoms with Crippen molar-refractivity contribution in [3.8, 4) is 0 Å². The Labute approximate surface area is 158 Å². The van der Waals surface area contributed by atoms with Gasteiger partial charge < -0.3 is 4.74 Å². The van der Waals surface area contributed by atoms with Crippen LogP contribution in [0.1, 0.15) is 28.5 Å². The van der Waals surface area contributed by atoms with Gasteiger partial charge in [-0.2, -0.15) is 0 Å². The van der Waals surface area contributed by atoms with Crippen LogP contribution >= 0.6 is 11.3 Å². The number of benzene rings is 3. The standard InChI is InChI=1S/C24H22OS/c1-3-9-19(10-4-1)15-16-22(25-18-20-11-5-2-6-12-20)24-17-21-13-7-8-14-23(21)26-24/h1-14,17,22H,15-16,18H2/t22-/m1/s1. The summed E-state index contributed by atoms with van der Waals surface area (Å²) in [6.07, 6.45) is 2.13. The number of rotatable bonds is 7. The van der Waals surface area contributed by atoms with Crippen LogP contribution in [0, 0.1) is 0 Å². The minimum Gasteiger partial charge on any atom is -0.368 e. The molecule has 0 radical (unpaired) electrons. The molecular formula is C24H22OS. The summed E-state index contributed by atoms with van der Waals surface area (Å²) in [7, 11) is 0. The Bertz CT molecular complexity index is 867. The van der Waals surface area contributed by atoms with Crippen LogP contribution in [0.15, 0.2) is 91.0 Å². The van der Waals surface area contributed by atoms with E-state index in [1.54, 1.807) is 0 Å². The van der Waals surface area contributed by atoms with Gasteiger partial charge in [0.2, 0.25) is 0 Å². The Morgan fingerprint density at radius 1 is 0.731 bits per heavy atom. The molecule has 2 heteroatoms. The van der Waals surface area contributed by atoms with Crippen LogP contribution in [0.25, 0.3) is 10.1 Å². The van der Waals surface area contributed by atoms with Crippen LogP contribution < -0.4 is 0 Å². The predicted molar refractivity (Wildman–Crippen MR) is 111 cm³/mol. The highest BCUT2D eigenvalue weighted by Crippen LogP contribution is 2.34. The summed E-state index contributed by atoms with van der Waals surface area (Å²) in [4.78, 5) is 1.32. The molecule has 0 aliphatic rings. The molecule has 26 heavy (non-hydrogen) atoms. The van der Waals surface area contributed by atoms with Crippen LogP contribution in [0.5, 0.6) is 0 Å². The maximum absolute atomic E-state index is 6.38. The molecule has 1 heterocycles. The number of ether oxygens (including phenoxy) is 1. The summed E-state index contributed by atoms with van der Waals surface area (Å²) >= 11 is 1.85. The first-order chi connectivity index (χ1) is 12.9. The summed E-state index contributed by atoms with van der Waals surface area (Å²) in [6.45, 7) is 0.647.